The van der Waals surface area contributed by atoms with Gasteiger partial charge in [-0.15, -0.1) is 0 Å². The summed E-state index contributed by atoms with van der Waals surface area (Å²) in [5.41, 5.74) is 5.87. The van der Waals surface area contributed by atoms with Crippen LogP contribution in [-0.4, -0.2) is 60.6 Å². The molecule has 2 N–H and O–H groups in total. The summed E-state index contributed by atoms with van der Waals surface area (Å²) in [4.78, 5) is 26.1. The van der Waals surface area contributed by atoms with E-state index in [2.05, 4.69) is 6.92 Å². The van der Waals surface area contributed by atoms with Gasteiger partial charge in [0, 0.05) is 19.1 Å². The van der Waals surface area contributed by atoms with E-state index in [0.29, 0.717) is 19.1 Å². The number of imide groups is 1. The fourth-order valence-electron chi connectivity index (χ4n) is 2.12. The minimum absolute atomic E-state index is 0.123. The van der Waals surface area contributed by atoms with Crippen LogP contribution in [0.1, 0.15) is 6.92 Å². The van der Waals surface area contributed by atoms with Crippen molar-refractivity contribution in [2.24, 2.45) is 11.7 Å². The average molecular weight is 227 g/mol. The zero-order valence-corrected chi connectivity index (χ0v) is 9.39. The van der Waals surface area contributed by atoms with Crippen molar-refractivity contribution in [3.63, 3.8) is 0 Å². The van der Waals surface area contributed by atoms with E-state index in [1.54, 1.807) is 0 Å². The summed E-state index contributed by atoms with van der Waals surface area (Å²) in [6.07, 6.45) is -0.526. The highest BCUT2D eigenvalue weighted by Crippen LogP contribution is 2.14. The molecule has 2 aliphatic heterocycles. The van der Waals surface area contributed by atoms with E-state index in [4.69, 9.17) is 10.5 Å². The van der Waals surface area contributed by atoms with Crippen LogP contribution in [0.25, 0.3) is 0 Å². The van der Waals surface area contributed by atoms with Crippen LogP contribution in [0, 0.1) is 5.92 Å². The molecule has 2 rings (SSSR count). The smallest absolute Gasteiger partial charge is 0.416 e. The molecule has 2 unspecified atom stereocenters. The summed E-state index contributed by atoms with van der Waals surface area (Å²) >= 11 is 0. The fraction of sp³-hybridized carbons (Fsp3) is 0.800. The molecule has 0 aromatic heterocycles. The molecular formula is C10H17N3O3. The molecule has 6 heteroatoms. The molecule has 0 spiro atoms. The Labute approximate surface area is 94.3 Å². The first-order chi connectivity index (χ1) is 7.58. The van der Waals surface area contributed by atoms with Crippen LogP contribution in [0.4, 0.5) is 4.79 Å². The lowest BCUT2D eigenvalue weighted by Crippen LogP contribution is -2.40. The van der Waals surface area contributed by atoms with Crippen molar-refractivity contribution in [1.82, 2.24) is 9.80 Å². The van der Waals surface area contributed by atoms with Crippen molar-refractivity contribution in [3.8, 4) is 0 Å². The molecule has 6 nitrogen and oxygen atoms in total. The number of rotatable bonds is 2. The standard InChI is InChI=1S/C10H17N3O3/c1-7-4-12(5-8(7)11)6-9(14)13-2-3-16-10(13)15/h7-8H,2-6,11H2,1H3. The summed E-state index contributed by atoms with van der Waals surface area (Å²) < 4.78 is 4.72. The maximum absolute atomic E-state index is 11.8. The van der Waals surface area contributed by atoms with E-state index < -0.39 is 6.09 Å². The largest absolute Gasteiger partial charge is 0.447 e. The number of likely N-dealkylation sites (tertiary alicyclic amines) is 1. The van der Waals surface area contributed by atoms with Gasteiger partial charge in [-0.25, -0.2) is 9.69 Å². The van der Waals surface area contributed by atoms with E-state index in [1.165, 1.54) is 0 Å². The maximum atomic E-state index is 11.8. The maximum Gasteiger partial charge on any atom is 0.416 e. The zero-order chi connectivity index (χ0) is 11.7. The highest BCUT2D eigenvalue weighted by atomic mass is 16.6. The van der Waals surface area contributed by atoms with Gasteiger partial charge in [0.25, 0.3) is 0 Å². The number of ether oxygens (including phenoxy) is 1. The van der Waals surface area contributed by atoms with Crippen LogP contribution in [0.2, 0.25) is 0 Å². The van der Waals surface area contributed by atoms with Gasteiger partial charge in [0.2, 0.25) is 5.91 Å². The summed E-state index contributed by atoms with van der Waals surface area (Å²) in [5.74, 6) is 0.210. The third-order valence-corrected chi connectivity index (χ3v) is 3.17. The van der Waals surface area contributed by atoms with Gasteiger partial charge >= 0.3 is 6.09 Å². The zero-order valence-electron chi connectivity index (χ0n) is 9.39. The Morgan fingerprint density at radius 2 is 2.31 bits per heavy atom. The van der Waals surface area contributed by atoms with Crippen LogP contribution < -0.4 is 5.73 Å². The Morgan fingerprint density at radius 3 is 2.81 bits per heavy atom. The third-order valence-electron chi connectivity index (χ3n) is 3.17. The lowest BCUT2D eigenvalue weighted by Gasteiger charge is -2.17. The van der Waals surface area contributed by atoms with Crippen LogP contribution in [0.3, 0.4) is 0 Å². The SMILES string of the molecule is CC1CN(CC(=O)N2CCOC2=O)CC1N. The van der Waals surface area contributed by atoms with Crippen molar-refractivity contribution >= 4 is 12.0 Å². The van der Waals surface area contributed by atoms with Crippen molar-refractivity contribution < 1.29 is 14.3 Å². The highest BCUT2D eigenvalue weighted by molar-refractivity contribution is 5.94. The Hall–Kier alpha value is -1.14. The van der Waals surface area contributed by atoms with E-state index >= 15 is 0 Å². The van der Waals surface area contributed by atoms with Crippen molar-refractivity contribution in [2.45, 2.75) is 13.0 Å². The molecule has 2 aliphatic rings. The van der Waals surface area contributed by atoms with E-state index in [9.17, 15) is 9.59 Å². The van der Waals surface area contributed by atoms with Gasteiger partial charge in [-0.05, 0) is 5.92 Å². The molecular weight excluding hydrogens is 210 g/mol. The first-order valence-electron chi connectivity index (χ1n) is 5.53. The minimum atomic E-state index is -0.526. The normalized spacial score (nSPS) is 30.9. The topological polar surface area (TPSA) is 75.9 Å². The fourth-order valence-corrected chi connectivity index (χ4v) is 2.12. The number of nitrogens with two attached hydrogens (primary N) is 1. The van der Waals surface area contributed by atoms with Crippen LogP contribution in [0.15, 0.2) is 0 Å². The van der Waals surface area contributed by atoms with Crippen molar-refractivity contribution in [1.29, 1.82) is 0 Å². The molecule has 2 heterocycles. The highest BCUT2D eigenvalue weighted by Gasteiger charge is 2.32. The Morgan fingerprint density at radius 1 is 1.56 bits per heavy atom. The molecule has 0 bridgehead atoms. The molecule has 90 valence electrons. The van der Waals surface area contributed by atoms with Crippen molar-refractivity contribution in [3.05, 3.63) is 0 Å². The monoisotopic (exact) mass is 227 g/mol. The molecule has 0 aliphatic carbocycles. The molecule has 16 heavy (non-hydrogen) atoms. The summed E-state index contributed by atoms with van der Waals surface area (Å²) in [6, 6.07) is 0.123. The van der Waals surface area contributed by atoms with Gasteiger partial charge in [0.05, 0.1) is 13.1 Å². The van der Waals surface area contributed by atoms with E-state index in [0.717, 1.165) is 18.0 Å². The second-order valence-electron chi connectivity index (χ2n) is 4.49. The lowest BCUT2D eigenvalue weighted by atomic mass is 10.1. The number of hydrogen-bond acceptors (Lipinski definition) is 5. The molecule has 0 aromatic carbocycles. The number of amides is 2. The third kappa shape index (κ3) is 2.17. The summed E-state index contributed by atoms with van der Waals surface area (Å²) in [5, 5.41) is 0. The first-order valence-corrected chi connectivity index (χ1v) is 5.53. The molecule has 2 fully saturated rings. The van der Waals surface area contributed by atoms with Gasteiger partial charge in [0.15, 0.2) is 0 Å². The molecule has 2 atom stereocenters. The molecule has 2 saturated heterocycles. The second kappa shape index (κ2) is 4.39. The summed E-state index contributed by atoms with van der Waals surface area (Å²) in [7, 11) is 0. The Bertz CT molecular complexity index is 298. The minimum Gasteiger partial charge on any atom is -0.447 e. The van der Waals surface area contributed by atoms with Gasteiger partial charge in [-0.2, -0.15) is 0 Å². The predicted octanol–water partition coefficient (Wildman–Crippen LogP) is -0.756. The van der Waals surface area contributed by atoms with Crippen LogP contribution in [0.5, 0.6) is 0 Å². The van der Waals surface area contributed by atoms with Gasteiger partial charge in [0.1, 0.15) is 6.61 Å². The molecule has 0 radical (unpaired) electrons. The first kappa shape index (κ1) is 11.3. The number of hydrogen-bond donors (Lipinski definition) is 1. The number of nitrogens with zero attached hydrogens (tertiary/aromatic N) is 2. The van der Waals surface area contributed by atoms with Crippen molar-refractivity contribution in [2.75, 3.05) is 32.8 Å². The lowest BCUT2D eigenvalue weighted by molar-refractivity contribution is -0.128. The second-order valence-corrected chi connectivity index (χ2v) is 4.49. The number of carbonyl (C=O) groups is 2. The molecule has 0 saturated carbocycles. The number of carbonyl (C=O) groups excluding carboxylic acids is 2. The quantitative estimate of drug-likeness (QED) is 0.671. The van der Waals surface area contributed by atoms with Crippen LogP contribution >= 0.6 is 0 Å². The molecule has 2 amide bonds. The van der Waals surface area contributed by atoms with Gasteiger partial charge in [-0.3, -0.25) is 9.69 Å². The van der Waals surface area contributed by atoms with E-state index in [-0.39, 0.29) is 18.5 Å². The van der Waals surface area contributed by atoms with Gasteiger partial charge in [-0.1, -0.05) is 6.92 Å². The van der Waals surface area contributed by atoms with E-state index in [1.807, 2.05) is 4.90 Å². The van der Waals surface area contributed by atoms with Gasteiger partial charge < -0.3 is 10.5 Å². The summed E-state index contributed by atoms with van der Waals surface area (Å²) in [6.45, 7) is 4.53. The predicted molar refractivity (Wildman–Crippen MR) is 56.6 cm³/mol. The Kier molecular flexibility index (Phi) is 3.11. The Balaban J connectivity index is 1.86. The number of cyclic esters (lactones) is 1. The molecule has 0 aromatic rings. The average Bonchev–Trinajstić information content (AvgIpc) is 2.74. The van der Waals surface area contributed by atoms with Crippen LogP contribution in [-0.2, 0) is 9.53 Å².